The van der Waals surface area contributed by atoms with Crippen molar-refractivity contribution in [1.82, 2.24) is 0 Å². The molecule has 0 spiro atoms. The van der Waals surface area contributed by atoms with Gasteiger partial charge in [0.25, 0.3) is 0 Å². The SMILES string of the molecule is Cc1ccc(C(CN)CC(C)C)cc1. The van der Waals surface area contributed by atoms with Crippen LogP contribution in [0.1, 0.15) is 37.3 Å². The van der Waals surface area contributed by atoms with E-state index in [0.29, 0.717) is 11.8 Å². The van der Waals surface area contributed by atoms with Crippen molar-refractivity contribution >= 4 is 0 Å². The molecule has 0 fully saturated rings. The lowest BCUT2D eigenvalue weighted by Gasteiger charge is -2.17. The van der Waals surface area contributed by atoms with Crippen LogP contribution in [-0.4, -0.2) is 6.54 Å². The van der Waals surface area contributed by atoms with Gasteiger partial charge in [0.2, 0.25) is 0 Å². The smallest absolute Gasteiger partial charge is 0.000814 e. The molecule has 0 saturated heterocycles. The maximum absolute atomic E-state index is 5.79. The first kappa shape index (κ1) is 11.3. The standard InChI is InChI=1S/C13H21N/c1-10(2)8-13(9-14)12-6-4-11(3)5-7-12/h4-7,10,13H,8-9,14H2,1-3H3. The highest BCUT2D eigenvalue weighted by atomic mass is 14.5. The summed E-state index contributed by atoms with van der Waals surface area (Å²) in [5.74, 6) is 1.24. The minimum atomic E-state index is 0.524. The van der Waals surface area contributed by atoms with Gasteiger partial charge in [-0.05, 0) is 37.3 Å². The molecule has 0 amide bonds. The number of hydrogen-bond acceptors (Lipinski definition) is 1. The van der Waals surface area contributed by atoms with Crippen LogP contribution in [0.4, 0.5) is 0 Å². The van der Waals surface area contributed by atoms with Crippen molar-refractivity contribution in [2.24, 2.45) is 11.7 Å². The Morgan fingerprint density at radius 3 is 2.14 bits per heavy atom. The monoisotopic (exact) mass is 191 g/mol. The molecule has 1 unspecified atom stereocenters. The third-order valence-electron chi connectivity index (χ3n) is 2.59. The van der Waals surface area contributed by atoms with Gasteiger partial charge in [-0.3, -0.25) is 0 Å². The third kappa shape index (κ3) is 3.15. The molecule has 0 aromatic heterocycles. The summed E-state index contributed by atoms with van der Waals surface area (Å²) < 4.78 is 0. The van der Waals surface area contributed by atoms with Gasteiger partial charge in [0.05, 0.1) is 0 Å². The maximum Gasteiger partial charge on any atom is -0.000814 e. The Morgan fingerprint density at radius 2 is 1.71 bits per heavy atom. The van der Waals surface area contributed by atoms with E-state index in [0.717, 1.165) is 6.54 Å². The zero-order valence-corrected chi connectivity index (χ0v) is 9.46. The van der Waals surface area contributed by atoms with E-state index in [-0.39, 0.29) is 0 Å². The maximum atomic E-state index is 5.79. The molecule has 0 radical (unpaired) electrons. The lowest BCUT2D eigenvalue weighted by molar-refractivity contribution is 0.504. The Kier molecular flexibility index (Phi) is 4.15. The number of benzene rings is 1. The fourth-order valence-electron chi connectivity index (χ4n) is 1.78. The fraction of sp³-hybridized carbons (Fsp3) is 0.538. The van der Waals surface area contributed by atoms with Crippen LogP contribution in [0.2, 0.25) is 0 Å². The van der Waals surface area contributed by atoms with E-state index in [1.54, 1.807) is 0 Å². The molecule has 0 aliphatic rings. The number of aryl methyl sites for hydroxylation is 1. The molecular weight excluding hydrogens is 170 g/mol. The van der Waals surface area contributed by atoms with Crippen LogP contribution in [0.5, 0.6) is 0 Å². The number of rotatable bonds is 4. The molecule has 0 heterocycles. The summed E-state index contributed by atoms with van der Waals surface area (Å²) in [6, 6.07) is 8.74. The molecular formula is C13H21N. The second-order valence-corrected chi connectivity index (χ2v) is 4.47. The minimum Gasteiger partial charge on any atom is -0.330 e. The molecule has 1 nitrogen and oxygen atoms in total. The average molecular weight is 191 g/mol. The Balaban J connectivity index is 2.73. The van der Waals surface area contributed by atoms with Crippen molar-refractivity contribution < 1.29 is 0 Å². The first-order chi connectivity index (χ1) is 6.63. The van der Waals surface area contributed by atoms with Crippen LogP contribution in [0, 0.1) is 12.8 Å². The quantitative estimate of drug-likeness (QED) is 0.777. The van der Waals surface area contributed by atoms with Crippen molar-refractivity contribution in [2.75, 3.05) is 6.54 Å². The van der Waals surface area contributed by atoms with Gasteiger partial charge < -0.3 is 5.73 Å². The first-order valence-corrected chi connectivity index (χ1v) is 5.40. The molecule has 0 aliphatic carbocycles. The first-order valence-electron chi connectivity index (χ1n) is 5.40. The lowest BCUT2D eigenvalue weighted by atomic mass is 9.90. The van der Waals surface area contributed by atoms with E-state index >= 15 is 0 Å². The van der Waals surface area contributed by atoms with Crippen molar-refractivity contribution in [3.8, 4) is 0 Å². The highest BCUT2D eigenvalue weighted by Gasteiger charge is 2.10. The largest absolute Gasteiger partial charge is 0.330 e. The second kappa shape index (κ2) is 5.16. The third-order valence-corrected chi connectivity index (χ3v) is 2.59. The van der Waals surface area contributed by atoms with Gasteiger partial charge in [0.1, 0.15) is 0 Å². The van der Waals surface area contributed by atoms with E-state index < -0.39 is 0 Å². The van der Waals surface area contributed by atoms with Gasteiger partial charge in [-0.1, -0.05) is 43.7 Å². The van der Waals surface area contributed by atoms with Gasteiger partial charge in [-0.2, -0.15) is 0 Å². The van der Waals surface area contributed by atoms with Crippen molar-refractivity contribution in [1.29, 1.82) is 0 Å². The van der Waals surface area contributed by atoms with Gasteiger partial charge in [-0.25, -0.2) is 0 Å². The van der Waals surface area contributed by atoms with Gasteiger partial charge in [0, 0.05) is 0 Å². The zero-order chi connectivity index (χ0) is 10.6. The summed E-state index contributed by atoms with van der Waals surface area (Å²) in [5.41, 5.74) is 8.49. The second-order valence-electron chi connectivity index (χ2n) is 4.47. The van der Waals surface area contributed by atoms with Crippen LogP contribution in [0.15, 0.2) is 24.3 Å². The summed E-state index contributed by atoms with van der Waals surface area (Å²) >= 11 is 0. The molecule has 1 rings (SSSR count). The van der Waals surface area contributed by atoms with Crippen LogP contribution in [0.3, 0.4) is 0 Å². The van der Waals surface area contributed by atoms with Crippen LogP contribution in [-0.2, 0) is 0 Å². The fourth-order valence-corrected chi connectivity index (χ4v) is 1.78. The molecule has 0 bridgehead atoms. The van der Waals surface area contributed by atoms with Crippen LogP contribution in [0.25, 0.3) is 0 Å². The van der Waals surface area contributed by atoms with Crippen molar-refractivity contribution in [3.63, 3.8) is 0 Å². The van der Waals surface area contributed by atoms with E-state index in [1.807, 2.05) is 0 Å². The molecule has 1 aromatic carbocycles. The van der Waals surface area contributed by atoms with Gasteiger partial charge in [0.15, 0.2) is 0 Å². The average Bonchev–Trinajstić information content (AvgIpc) is 2.15. The zero-order valence-electron chi connectivity index (χ0n) is 9.46. The van der Waals surface area contributed by atoms with Gasteiger partial charge in [-0.15, -0.1) is 0 Å². The molecule has 78 valence electrons. The number of hydrogen-bond donors (Lipinski definition) is 1. The van der Waals surface area contributed by atoms with Gasteiger partial charge >= 0.3 is 0 Å². The number of nitrogens with two attached hydrogens (primary N) is 1. The Morgan fingerprint density at radius 1 is 1.14 bits per heavy atom. The lowest BCUT2D eigenvalue weighted by Crippen LogP contribution is -2.14. The van der Waals surface area contributed by atoms with Crippen molar-refractivity contribution in [2.45, 2.75) is 33.1 Å². The highest BCUT2D eigenvalue weighted by Crippen LogP contribution is 2.22. The molecule has 0 saturated carbocycles. The molecule has 14 heavy (non-hydrogen) atoms. The normalized spacial score (nSPS) is 13.2. The van der Waals surface area contributed by atoms with E-state index in [1.165, 1.54) is 17.5 Å². The van der Waals surface area contributed by atoms with E-state index in [9.17, 15) is 0 Å². The molecule has 2 N–H and O–H groups in total. The minimum absolute atomic E-state index is 0.524. The summed E-state index contributed by atoms with van der Waals surface area (Å²) in [6.45, 7) is 7.36. The summed E-state index contributed by atoms with van der Waals surface area (Å²) in [7, 11) is 0. The predicted octanol–water partition coefficient (Wildman–Crippen LogP) is 3.08. The Bertz CT molecular complexity index is 261. The predicted molar refractivity (Wildman–Crippen MR) is 62.4 cm³/mol. The topological polar surface area (TPSA) is 26.0 Å². The van der Waals surface area contributed by atoms with Crippen LogP contribution < -0.4 is 5.73 Å². The van der Waals surface area contributed by atoms with E-state index in [4.69, 9.17) is 5.73 Å². The molecule has 1 atom stereocenters. The van der Waals surface area contributed by atoms with Crippen LogP contribution >= 0.6 is 0 Å². The molecule has 1 aromatic rings. The highest BCUT2D eigenvalue weighted by molar-refractivity contribution is 5.24. The Hall–Kier alpha value is -0.820. The summed E-state index contributed by atoms with van der Waals surface area (Å²) in [6.07, 6.45) is 1.18. The van der Waals surface area contributed by atoms with E-state index in [2.05, 4.69) is 45.0 Å². The summed E-state index contributed by atoms with van der Waals surface area (Å²) in [4.78, 5) is 0. The van der Waals surface area contributed by atoms with Crippen molar-refractivity contribution in [3.05, 3.63) is 35.4 Å². The Labute approximate surface area is 87.3 Å². The summed E-state index contributed by atoms with van der Waals surface area (Å²) in [5, 5.41) is 0. The molecule has 1 heteroatoms. The molecule has 0 aliphatic heterocycles.